The van der Waals surface area contributed by atoms with E-state index in [1.54, 1.807) is 4.90 Å². The van der Waals surface area contributed by atoms with Crippen LogP contribution in [0.1, 0.15) is 123 Å². The smallest absolute Gasteiger partial charge is 0.410 e. The average Bonchev–Trinajstić information content (AvgIpc) is 3.30. The molecule has 1 aromatic carbocycles. The molecule has 1 aromatic rings. The Morgan fingerprint density at radius 3 is 2.00 bits per heavy atom. The number of hydrogen-bond donors (Lipinski definition) is 2. The minimum atomic E-state index is -0.563. The molecule has 1 fully saturated rings. The van der Waals surface area contributed by atoms with Gasteiger partial charge < -0.3 is 20.3 Å². The van der Waals surface area contributed by atoms with Gasteiger partial charge in [-0.1, -0.05) is 108 Å². The Morgan fingerprint density at radius 2 is 1.45 bits per heavy atom. The lowest BCUT2D eigenvalue weighted by Gasteiger charge is -2.25. The Balaban J connectivity index is 1.74. The third-order valence-electron chi connectivity index (χ3n) is 7.40. The fraction of sp³-hybridized carbons (Fsp3) is 0.750. The lowest BCUT2D eigenvalue weighted by Crippen LogP contribution is -2.45. The largest absolute Gasteiger partial charge is 0.444 e. The molecule has 2 rings (SSSR count). The third kappa shape index (κ3) is 12.6. The van der Waals surface area contributed by atoms with E-state index in [1.165, 1.54) is 69.8 Å². The SMILES string of the molecule is CCCCCCCCCCCCCCNC(=O)[C@@H]1CN(C(=O)OC(C)(C)C)C[C@H]1N[C@H](C)c1ccccc1. The summed E-state index contributed by atoms with van der Waals surface area (Å²) in [6.45, 7) is 11.5. The Hall–Kier alpha value is -2.08. The molecule has 38 heavy (non-hydrogen) atoms. The van der Waals surface area contributed by atoms with Crippen molar-refractivity contribution in [1.82, 2.24) is 15.5 Å². The molecule has 0 radical (unpaired) electrons. The van der Waals surface area contributed by atoms with Gasteiger partial charge >= 0.3 is 6.09 Å². The molecule has 0 spiro atoms. The van der Waals surface area contributed by atoms with E-state index in [2.05, 4.69) is 36.6 Å². The molecular formula is C32H55N3O3. The van der Waals surface area contributed by atoms with Crippen molar-refractivity contribution in [2.75, 3.05) is 19.6 Å². The molecule has 1 heterocycles. The molecule has 216 valence electrons. The summed E-state index contributed by atoms with van der Waals surface area (Å²) in [4.78, 5) is 27.6. The van der Waals surface area contributed by atoms with Crippen molar-refractivity contribution < 1.29 is 14.3 Å². The van der Waals surface area contributed by atoms with E-state index in [-0.39, 0.29) is 30.0 Å². The second kappa shape index (κ2) is 17.5. The van der Waals surface area contributed by atoms with Crippen LogP contribution in [-0.4, -0.2) is 48.2 Å². The predicted molar refractivity (Wildman–Crippen MR) is 157 cm³/mol. The summed E-state index contributed by atoms with van der Waals surface area (Å²) < 4.78 is 5.60. The Kier molecular flexibility index (Phi) is 14.8. The highest BCUT2D eigenvalue weighted by molar-refractivity contribution is 5.81. The standard InChI is InChI=1S/C32H55N3O3/c1-6-7-8-9-10-11-12-13-14-15-16-20-23-33-30(36)28-24-35(31(37)38-32(3,4)5)25-29(28)34-26(2)27-21-18-17-19-22-27/h17-19,21-22,26,28-29,34H,6-16,20,23-25H2,1-5H3,(H,33,36)/t26-,28-,29-/m1/s1. The van der Waals surface area contributed by atoms with E-state index in [4.69, 9.17) is 4.74 Å². The number of hydrogen-bond acceptors (Lipinski definition) is 4. The molecule has 0 unspecified atom stereocenters. The van der Waals surface area contributed by atoms with E-state index in [0.29, 0.717) is 19.6 Å². The molecule has 0 aromatic heterocycles. The molecule has 1 saturated heterocycles. The summed E-state index contributed by atoms with van der Waals surface area (Å²) in [7, 11) is 0. The number of nitrogens with one attached hydrogen (secondary N) is 2. The van der Waals surface area contributed by atoms with Gasteiger partial charge in [0, 0.05) is 31.7 Å². The number of rotatable bonds is 17. The van der Waals surface area contributed by atoms with Gasteiger partial charge in [0.15, 0.2) is 0 Å². The molecule has 0 aliphatic carbocycles. The van der Waals surface area contributed by atoms with Gasteiger partial charge in [-0.25, -0.2) is 4.79 Å². The van der Waals surface area contributed by atoms with Crippen LogP contribution in [0.5, 0.6) is 0 Å². The fourth-order valence-corrected chi connectivity index (χ4v) is 5.18. The van der Waals surface area contributed by atoms with Gasteiger partial charge in [0.1, 0.15) is 5.60 Å². The Bertz CT molecular complexity index is 793. The number of ether oxygens (including phenoxy) is 1. The van der Waals surface area contributed by atoms with Crippen LogP contribution in [0.4, 0.5) is 4.79 Å². The zero-order valence-corrected chi connectivity index (χ0v) is 24.9. The molecule has 6 nitrogen and oxygen atoms in total. The molecular weight excluding hydrogens is 474 g/mol. The topological polar surface area (TPSA) is 70.7 Å². The second-order valence-corrected chi connectivity index (χ2v) is 12.1. The quantitative estimate of drug-likeness (QED) is 0.206. The first-order valence-corrected chi connectivity index (χ1v) is 15.3. The molecule has 2 N–H and O–H groups in total. The number of unbranched alkanes of at least 4 members (excludes halogenated alkanes) is 11. The maximum atomic E-state index is 13.2. The minimum Gasteiger partial charge on any atom is -0.444 e. The summed E-state index contributed by atoms with van der Waals surface area (Å²) in [5, 5.41) is 6.77. The highest BCUT2D eigenvalue weighted by Gasteiger charge is 2.41. The van der Waals surface area contributed by atoms with Gasteiger partial charge in [0.05, 0.1) is 5.92 Å². The highest BCUT2D eigenvalue weighted by Crippen LogP contribution is 2.24. The van der Waals surface area contributed by atoms with Gasteiger partial charge in [0.2, 0.25) is 5.91 Å². The molecule has 6 heteroatoms. The van der Waals surface area contributed by atoms with Crippen molar-refractivity contribution in [1.29, 1.82) is 0 Å². The van der Waals surface area contributed by atoms with Crippen LogP contribution in [0.2, 0.25) is 0 Å². The van der Waals surface area contributed by atoms with Crippen molar-refractivity contribution >= 4 is 12.0 Å². The lowest BCUT2D eigenvalue weighted by atomic mass is 10.00. The van der Waals surface area contributed by atoms with E-state index in [9.17, 15) is 9.59 Å². The van der Waals surface area contributed by atoms with Crippen LogP contribution in [0.25, 0.3) is 0 Å². The first-order valence-electron chi connectivity index (χ1n) is 15.3. The maximum absolute atomic E-state index is 13.2. The van der Waals surface area contributed by atoms with Crippen molar-refractivity contribution in [3.63, 3.8) is 0 Å². The Morgan fingerprint density at radius 1 is 0.895 bits per heavy atom. The van der Waals surface area contributed by atoms with Gasteiger partial charge in [-0.2, -0.15) is 0 Å². The average molecular weight is 530 g/mol. The fourth-order valence-electron chi connectivity index (χ4n) is 5.18. The molecule has 0 saturated carbocycles. The number of amides is 2. The van der Waals surface area contributed by atoms with Gasteiger partial charge in [0.25, 0.3) is 0 Å². The first kappa shape index (κ1) is 32.1. The summed E-state index contributed by atoms with van der Waals surface area (Å²) in [5.41, 5.74) is 0.602. The summed E-state index contributed by atoms with van der Waals surface area (Å²) in [6.07, 6.45) is 15.3. The van der Waals surface area contributed by atoms with E-state index < -0.39 is 5.60 Å². The van der Waals surface area contributed by atoms with E-state index in [0.717, 1.165) is 12.8 Å². The first-order chi connectivity index (χ1) is 18.2. The second-order valence-electron chi connectivity index (χ2n) is 12.1. The van der Waals surface area contributed by atoms with Gasteiger partial charge in [-0.15, -0.1) is 0 Å². The van der Waals surface area contributed by atoms with Crippen LogP contribution < -0.4 is 10.6 Å². The van der Waals surface area contributed by atoms with Crippen molar-refractivity contribution in [2.24, 2.45) is 5.92 Å². The molecule has 3 atom stereocenters. The zero-order valence-electron chi connectivity index (χ0n) is 24.9. The monoisotopic (exact) mass is 529 g/mol. The Labute approximate surface area is 232 Å². The normalized spacial score (nSPS) is 18.4. The number of carbonyl (C=O) groups is 2. The number of carbonyl (C=O) groups excluding carboxylic acids is 2. The zero-order chi connectivity index (χ0) is 27.8. The summed E-state index contributed by atoms with van der Waals surface area (Å²) in [5.74, 6) is -0.275. The van der Waals surface area contributed by atoms with Crippen molar-refractivity contribution in [3.8, 4) is 0 Å². The number of nitrogens with zero attached hydrogens (tertiary/aromatic N) is 1. The van der Waals surface area contributed by atoms with Gasteiger partial charge in [-0.3, -0.25) is 4.79 Å². The predicted octanol–water partition coefficient (Wildman–Crippen LogP) is 7.39. The van der Waals surface area contributed by atoms with Crippen molar-refractivity contribution in [3.05, 3.63) is 35.9 Å². The van der Waals surface area contributed by atoms with E-state index in [1.807, 2.05) is 39.0 Å². The maximum Gasteiger partial charge on any atom is 0.410 e. The van der Waals surface area contributed by atoms with Crippen LogP contribution in [0.15, 0.2) is 30.3 Å². The summed E-state index contributed by atoms with van der Waals surface area (Å²) >= 11 is 0. The summed E-state index contributed by atoms with van der Waals surface area (Å²) in [6, 6.07) is 10.2. The number of likely N-dealkylation sites (tertiary alicyclic amines) is 1. The van der Waals surface area contributed by atoms with Crippen molar-refractivity contribution in [2.45, 2.75) is 129 Å². The van der Waals surface area contributed by atoms with Crippen LogP contribution in [0.3, 0.4) is 0 Å². The van der Waals surface area contributed by atoms with Crippen LogP contribution in [-0.2, 0) is 9.53 Å². The minimum absolute atomic E-state index is 0.0249. The molecule has 1 aliphatic heterocycles. The number of benzene rings is 1. The van der Waals surface area contributed by atoms with Crippen LogP contribution in [0, 0.1) is 5.92 Å². The van der Waals surface area contributed by atoms with Gasteiger partial charge in [-0.05, 0) is 39.7 Å². The van der Waals surface area contributed by atoms with E-state index >= 15 is 0 Å². The highest BCUT2D eigenvalue weighted by atomic mass is 16.6. The molecule has 0 bridgehead atoms. The third-order valence-corrected chi connectivity index (χ3v) is 7.40. The lowest BCUT2D eigenvalue weighted by molar-refractivity contribution is -0.125. The molecule has 1 aliphatic rings. The van der Waals surface area contributed by atoms with Crippen LogP contribution >= 0.6 is 0 Å². The molecule has 2 amide bonds.